The first-order valence-corrected chi connectivity index (χ1v) is 6.83. The van der Waals surface area contributed by atoms with Crippen molar-refractivity contribution in [3.8, 4) is 0 Å². The van der Waals surface area contributed by atoms with Crippen LogP contribution < -0.4 is 5.32 Å². The van der Waals surface area contributed by atoms with E-state index in [0.29, 0.717) is 24.4 Å². The minimum atomic E-state index is -0.945. The van der Waals surface area contributed by atoms with Crippen molar-refractivity contribution >= 4 is 11.7 Å². The molecule has 19 heavy (non-hydrogen) atoms. The second-order valence-electron chi connectivity index (χ2n) is 5.37. The van der Waals surface area contributed by atoms with Crippen LogP contribution >= 0.6 is 0 Å². The van der Waals surface area contributed by atoms with Crippen molar-refractivity contribution in [1.82, 2.24) is 0 Å². The first-order chi connectivity index (χ1) is 9.05. The van der Waals surface area contributed by atoms with Gasteiger partial charge >= 0.3 is 5.97 Å². The molecule has 4 heteroatoms. The van der Waals surface area contributed by atoms with E-state index >= 15 is 0 Å². The molecule has 1 saturated carbocycles. The largest absolute Gasteiger partial charge is 0.480 e. The number of aliphatic carboxylic acids is 1. The van der Waals surface area contributed by atoms with Gasteiger partial charge in [0.15, 0.2) is 0 Å². The molecule has 0 bridgehead atoms. The summed E-state index contributed by atoms with van der Waals surface area (Å²) in [6.45, 7) is 2.14. The summed E-state index contributed by atoms with van der Waals surface area (Å²) in [4.78, 5) is 11.6. The lowest BCUT2D eigenvalue weighted by molar-refractivity contribution is -0.143. The fraction of sp³-hybridized carbons (Fsp3) is 0.533. The van der Waals surface area contributed by atoms with Crippen molar-refractivity contribution in [2.45, 2.75) is 44.6 Å². The number of benzene rings is 1. The molecule has 0 heterocycles. The number of carbonyl (C=O) groups is 1. The van der Waals surface area contributed by atoms with Crippen LogP contribution in [-0.2, 0) is 4.79 Å². The summed E-state index contributed by atoms with van der Waals surface area (Å²) in [5, 5.41) is 12.6. The van der Waals surface area contributed by atoms with Gasteiger partial charge in [0.05, 0.1) is 0 Å². The molecule has 0 amide bonds. The topological polar surface area (TPSA) is 49.3 Å². The lowest BCUT2D eigenvalue weighted by Gasteiger charge is -2.38. The number of hydrogen-bond donors (Lipinski definition) is 2. The fourth-order valence-electron chi connectivity index (χ4n) is 2.81. The first-order valence-electron chi connectivity index (χ1n) is 6.83. The van der Waals surface area contributed by atoms with Crippen molar-refractivity contribution in [3.05, 3.63) is 30.1 Å². The summed E-state index contributed by atoms with van der Waals surface area (Å²) < 4.78 is 13.2. The number of carboxylic acid groups (broad SMARTS) is 1. The number of carboxylic acids is 1. The van der Waals surface area contributed by atoms with E-state index in [1.54, 1.807) is 12.1 Å². The minimum absolute atomic E-state index is 0.354. The van der Waals surface area contributed by atoms with Gasteiger partial charge in [-0.2, -0.15) is 0 Å². The zero-order valence-corrected chi connectivity index (χ0v) is 11.2. The molecule has 0 aliphatic heterocycles. The van der Waals surface area contributed by atoms with E-state index in [9.17, 15) is 14.3 Å². The summed E-state index contributed by atoms with van der Waals surface area (Å²) in [7, 11) is 0. The Hall–Kier alpha value is -1.58. The Labute approximate surface area is 112 Å². The Morgan fingerprint density at radius 1 is 1.47 bits per heavy atom. The van der Waals surface area contributed by atoms with Gasteiger partial charge in [0.2, 0.25) is 0 Å². The van der Waals surface area contributed by atoms with E-state index in [4.69, 9.17) is 0 Å². The maximum Gasteiger partial charge on any atom is 0.329 e. The van der Waals surface area contributed by atoms with Gasteiger partial charge in [-0.3, -0.25) is 0 Å². The van der Waals surface area contributed by atoms with E-state index in [0.717, 1.165) is 19.3 Å². The van der Waals surface area contributed by atoms with Crippen LogP contribution in [0.3, 0.4) is 0 Å². The highest BCUT2D eigenvalue weighted by Gasteiger charge is 2.41. The van der Waals surface area contributed by atoms with Gasteiger partial charge in [0, 0.05) is 5.69 Å². The number of nitrogens with one attached hydrogen (secondary N) is 1. The van der Waals surface area contributed by atoms with Gasteiger partial charge in [-0.15, -0.1) is 0 Å². The molecule has 3 nitrogen and oxygen atoms in total. The second-order valence-corrected chi connectivity index (χ2v) is 5.37. The van der Waals surface area contributed by atoms with Crippen molar-refractivity contribution in [1.29, 1.82) is 0 Å². The molecule has 1 aromatic rings. The average Bonchev–Trinajstić information content (AvgIpc) is 2.39. The van der Waals surface area contributed by atoms with E-state index in [1.807, 2.05) is 0 Å². The fourth-order valence-corrected chi connectivity index (χ4v) is 2.81. The Bertz CT molecular complexity index is 453. The minimum Gasteiger partial charge on any atom is -0.480 e. The summed E-state index contributed by atoms with van der Waals surface area (Å²) >= 11 is 0. The number of anilines is 1. The number of halogens is 1. The van der Waals surface area contributed by atoms with Crippen LogP contribution in [0.4, 0.5) is 10.1 Å². The third-order valence-corrected chi connectivity index (χ3v) is 4.15. The Morgan fingerprint density at radius 2 is 2.16 bits per heavy atom. The van der Waals surface area contributed by atoms with E-state index in [2.05, 4.69) is 12.2 Å². The van der Waals surface area contributed by atoms with Gasteiger partial charge in [-0.25, -0.2) is 9.18 Å². The molecule has 2 rings (SSSR count). The molecule has 104 valence electrons. The molecule has 0 radical (unpaired) electrons. The second kappa shape index (κ2) is 5.59. The van der Waals surface area contributed by atoms with Crippen LogP contribution in [-0.4, -0.2) is 16.6 Å². The van der Waals surface area contributed by atoms with Gasteiger partial charge in [-0.05, 0) is 49.8 Å². The molecule has 1 aliphatic carbocycles. The molecule has 0 unspecified atom stereocenters. The van der Waals surface area contributed by atoms with E-state index in [1.165, 1.54) is 12.1 Å². The van der Waals surface area contributed by atoms with Crippen LogP contribution in [0.15, 0.2) is 24.3 Å². The number of hydrogen-bond acceptors (Lipinski definition) is 2. The van der Waals surface area contributed by atoms with E-state index in [-0.39, 0.29) is 5.82 Å². The van der Waals surface area contributed by atoms with Crippen molar-refractivity contribution in [3.63, 3.8) is 0 Å². The van der Waals surface area contributed by atoms with Crippen molar-refractivity contribution in [2.75, 3.05) is 5.32 Å². The van der Waals surface area contributed by atoms with Crippen LogP contribution in [0.25, 0.3) is 0 Å². The summed E-state index contributed by atoms with van der Waals surface area (Å²) in [6.07, 6.45) is 4.10. The van der Waals surface area contributed by atoms with Crippen LogP contribution in [0.1, 0.15) is 39.0 Å². The van der Waals surface area contributed by atoms with Crippen molar-refractivity contribution in [2.24, 2.45) is 5.92 Å². The lowest BCUT2D eigenvalue weighted by atomic mass is 9.75. The standard InChI is InChI=1S/C15H20FNO2/c1-2-11-6-8-15(9-7-11,14(18)19)17-13-5-3-4-12(16)10-13/h3-5,10-11,17H,2,6-9H2,1H3,(H,18,19). The molecule has 1 aromatic carbocycles. The SMILES string of the molecule is CCC1CCC(Nc2cccc(F)c2)(C(=O)O)CC1. The number of rotatable bonds is 4. The van der Waals surface area contributed by atoms with Crippen LogP contribution in [0.5, 0.6) is 0 Å². The molecule has 1 aliphatic rings. The summed E-state index contributed by atoms with van der Waals surface area (Å²) in [6, 6.07) is 5.99. The molecular formula is C15H20FNO2. The lowest BCUT2D eigenvalue weighted by Crippen LogP contribution is -2.49. The van der Waals surface area contributed by atoms with E-state index < -0.39 is 11.5 Å². The smallest absolute Gasteiger partial charge is 0.329 e. The highest BCUT2D eigenvalue weighted by molar-refractivity contribution is 5.83. The summed E-state index contributed by atoms with van der Waals surface area (Å²) in [5.74, 6) is -0.583. The van der Waals surface area contributed by atoms with Gasteiger partial charge in [0.25, 0.3) is 0 Å². The molecule has 0 saturated heterocycles. The third kappa shape index (κ3) is 3.06. The normalized spacial score (nSPS) is 26.9. The highest BCUT2D eigenvalue weighted by Crippen LogP contribution is 2.36. The Balaban J connectivity index is 2.15. The predicted molar refractivity (Wildman–Crippen MR) is 72.6 cm³/mol. The zero-order chi connectivity index (χ0) is 13.9. The average molecular weight is 265 g/mol. The molecule has 2 N–H and O–H groups in total. The van der Waals surface area contributed by atoms with Crippen LogP contribution in [0.2, 0.25) is 0 Å². The maximum atomic E-state index is 13.2. The quantitative estimate of drug-likeness (QED) is 0.873. The molecule has 1 fully saturated rings. The third-order valence-electron chi connectivity index (χ3n) is 4.15. The molecule has 0 atom stereocenters. The highest BCUT2D eigenvalue weighted by atomic mass is 19.1. The van der Waals surface area contributed by atoms with Gasteiger partial charge in [0.1, 0.15) is 11.4 Å². The molecule has 0 aromatic heterocycles. The van der Waals surface area contributed by atoms with Gasteiger partial charge in [-0.1, -0.05) is 19.4 Å². The van der Waals surface area contributed by atoms with Crippen molar-refractivity contribution < 1.29 is 14.3 Å². The Kier molecular flexibility index (Phi) is 4.08. The van der Waals surface area contributed by atoms with Crippen LogP contribution in [0, 0.1) is 11.7 Å². The predicted octanol–water partition coefficient (Wildman–Crippen LogP) is 3.66. The summed E-state index contributed by atoms with van der Waals surface area (Å²) in [5.41, 5.74) is -0.406. The zero-order valence-electron chi connectivity index (χ0n) is 11.2. The molecular weight excluding hydrogens is 245 g/mol. The first kappa shape index (κ1) is 13.8. The maximum absolute atomic E-state index is 13.2. The van der Waals surface area contributed by atoms with Gasteiger partial charge < -0.3 is 10.4 Å². The molecule has 0 spiro atoms. The monoisotopic (exact) mass is 265 g/mol. The Morgan fingerprint density at radius 3 is 2.68 bits per heavy atom.